The molecule has 1 saturated heterocycles. The van der Waals surface area contributed by atoms with E-state index in [1.807, 2.05) is 11.3 Å². The third kappa shape index (κ3) is 2.01. The number of thiophene rings is 1. The van der Waals surface area contributed by atoms with Gasteiger partial charge in [-0.05, 0) is 48.7 Å². The van der Waals surface area contributed by atoms with Crippen LogP contribution < -0.4 is 5.32 Å². The molecule has 2 atom stereocenters. The summed E-state index contributed by atoms with van der Waals surface area (Å²) in [7, 11) is 0. The van der Waals surface area contributed by atoms with Crippen LogP contribution in [-0.2, 0) is 0 Å². The van der Waals surface area contributed by atoms with Crippen molar-refractivity contribution in [3.63, 3.8) is 0 Å². The number of hydrogen-bond donors (Lipinski definition) is 1. The van der Waals surface area contributed by atoms with Crippen LogP contribution in [0, 0.1) is 11.8 Å². The Kier molecular flexibility index (Phi) is 3.24. The SMILES string of the molecule is CC(C)C(c1cccs1)C1CCNC1. The Morgan fingerprint density at radius 1 is 1.50 bits per heavy atom. The van der Waals surface area contributed by atoms with E-state index in [1.54, 1.807) is 4.88 Å². The topological polar surface area (TPSA) is 12.0 Å². The van der Waals surface area contributed by atoms with Crippen LogP contribution in [-0.4, -0.2) is 13.1 Å². The molecule has 2 heterocycles. The smallest absolute Gasteiger partial charge is 0.00819 e. The normalized spacial score (nSPS) is 24.4. The Balaban J connectivity index is 2.15. The van der Waals surface area contributed by atoms with Crippen molar-refractivity contribution in [2.45, 2.75) is 26.2 Å². The van der Waals surface area contributed by atoms with Crippen LogP contribution in [0.25, 0.3) is 0 Å². The van der Waals surface area contributed by atoms with Crippen molar-refractivity contribution in [3.05, 3.63) is 22.4 Å². The fourth-order valence-corrected chi connectivity index (χ4v) is 3.66. The van der Waals surface area contributed by atoms with Gasteiger partial charge in [0.15, 0.2) is 0 Å². The van der Waals surface area contributed by atoms with Gasteiger partial charge in [-0.1, -0.05) is 19.9 Å². The molecule has 78 valence electrons. The lowest BCUT2D eigenvalue weighted by molar-refractivity contribution is 0.368. The summed E-state index contributed by atoms with van der Waals surface area (Å²) in [6.07, 6.45) is 1.35. The summed E-state index contributed by atoms with van der Waals surface area (Å²) in [5.74, 6) is 2.39. The standard InChI is InChI=1S/C12H19NS/c1-9(2)12(10-5-6-13-8-10)11-4-3-7-14-11/h3-4,7,9-10,12-13H,5-6,8H2,1-2H3. The molecule has 0 amide bonds. The molecule has 2 unspecified atom stereocenters. The summed E-state index contributed by atoms with van der Waals surface area (Å²) >= 11 is 1.92. The second-order valence-electron chi connectivity index (χ2n) is 4.54. The van der Waals surface area contributed by atoms with Gasteiger partial charge in [-0.2, -0.15) is 0 Å². The summed E-state index contributed by atoms with van der Waals surface area (Å²) in [6, 6.07) is 4.48. The van der Waals surface area contributed by atoms with E-state index in [0.29, 0.717) is 0 Å². The molecular weight excluding hydrogens is 190 g/mol. The fraction of sp³-hybridized carbons (Fsp3) is 0.667. The molecule has 0 aromatic carbocycles. The van der Waals surface area contributed by atoms with Crippen LogP contribution in [0.15, 0.2) is 17.5 Å². The molecule has 1 aliphatic rings. The molecule has 0 saturated carbocycles. The van der Waals surface area contributed by atoms with E-state index in [1.165, 1.54) is 19.5 Å². The lowest BCUT2D eigenvalue weighted by Crippen LogP contribution is -2.19. The minimum atomic E-state index is 0.763. The van der Waals surface area contributed by atoms with Gasteiger partial charge in [0.2, 0.25) is 0 Å². The highest BCUT2D eigenvalue weighted by Crippen LogP contribution is 2.37. The molecule has 1 aliphatic heterocycles. The molecular formula is C12H19NS. The molecule has 1 fully saturated rings. The van der Waals surface area contributed by atoms with Gasteiger partial charge in [-0.15, -0.1) is 11.3 Å². The Labute approximate surface area is 90.5 Å². The minimum Gasteiger partial charge on any atom is -0.316 e. The second kappa shape index (κ2) is 4.45. The van der Waals surface area contributed by atoms with Crippen molar-refractivity contribution in [3.8, 4) is 0 Å². The van der Waals surface area contributed by atoms with E-state index in [2.05, 4.69) is 36.7 Å². The van der Waals surface area contributed by atoms with Gasteiger partial charge in [0.25, 0.3) is 0 Å². The molecule has 1 N–H and O–H groups in total. The first-order valence-electron chi connectivity index (χ1n) is 5.53. The van der Waals surface area contributed by atoms with E-state index in [9.17, 15) is 0 Å². The van der Waals surface area contributed by atoms with Crippen LogP contribution >= 0.6 is 11.3 Å². The van der Waals surface area contributed by atoms with Gasteiger partial charge in [0.05, 0.1) is 0 Å². The largest absolute Gasteiger partial charge is 0.316 e. The van der Waals surface area contributed by atoms with Gasteiger partial charge in [0, 0.05) is 4.88 Å². The summed E-state index contributed by atoms with van der Waals surface area (Å²) in [4.78, 5) is 1.58. The van der Waals surface area contributed by atoms with Gasteiger partial charge in [-0.25, -0.2) is 0 Å². The highest BCUT2D eigenvalue weighted by molar-refractivity contribution is 7.10. The molecule has 1 aromatic rings. The maximum absolute atomic E-state index is 3.47. The van der Waals surface area contributed by atoms with Crippen molar-refractivity contribution < 1.29 is 0 Å². The maximum Gasteiger partial charge on any atom is 0.00819 e. The second-order valence-corrected chi connectivity index (χ2v) is 5.52. The van der Waals surface area contributed by atoms with Crippen LogP contribution in [0.3, 0.4) is 0 Å². The number of nitrogens with one attached hydrogen (secondary N) is 1. The monoisotopic (exact) mass is 209 g/mol. The zero-order chi connectivity index (χ0) is 9.97. The molecule has 0 aliphatic carbocycles. The molecule has 2 rings (SSSR count). The highest BCUT2D eigenvalue weighted by Gasteiger charge is 2.28. The molecule has 1 aromatic heterocycles. The summed E-state index contributed by atoms with van der Waals surface area (Å²) in [5.41, 5.74) is 0. The quantitative estimate of drug-likeness (QED) is 0.806. The molecule has 14 heavy (non-hydrogen) atoms. The Morgan fingerprint density at radius 3 is 2.86 bits per heavy atom. The van der Waals surface area contributed by atoms with Crippen LogP contribution in [0.1, 0.15) is 31.1 Å². The molecule has 2 heteroatoms. The van der Waals surface area contributed by atoms with Crippen LogP contribution in [0.2, 0.25) is 0 Å². The number of rotatable bonds is 3. The number of hydrogen-bond acceptors (Lipinski definition) is 2. The van der Waals surface area contributed by atoms with E-state index in [4.69, 9.17) is 0 Å². The van der Waals surface area contributed by atoms with Gasteiger partial charge >= 0.3 is 0 Å². The lowest BCUT2D eigenvalue weighted by atomic mass is 9.82. The van der Waals surface area contributed by atoms with Crippen LogP contribution in [0.4, 0.5) is 0 Å². The predicted molar refractivity (Wildman–Crippen MR) is 62.9 cm³/mol. The van der Waals surface area contributed by atoms with E-state index in [0.717, 1.165) is 17.8 Å². The average Bonchev–Trinajstić information content (AvgIpc) is 2.75. The first-order valence-corrected chi connectivity index (χ1v) is 6.41. The molecule has 0 spiro atoms. The van der Waals surface area contributed by atoms with Crippen molar-refractivity contribution in [1.29, 1.82) is 0 Å². The third-order valence-electron chi connectivity index (χ3n) is 3.20. The zero-order valence-electron chi connectivity index (χ0n) is 8.99. The molecule has 0 bridgehead atoms. The van der Waals surface area contributed by atoms with Crippen molar-refractivity contribution >= 4 is 11.3 Å². The lowest BCUT2D eigenvalue weighted by Gasteiger charge is -2.25. The van der Waals surface area contributed by atoms with Crippen molar-refractivity contribution in [2.24, 2.45) is 11.8 Å². The first kappa shape index (κ1) is 10.2. The fourth-order valence-electron chi connectivity index (χ4n) is 2.57. The molecule has 1 nitrogen and oxygen atoms in total. The van der Waals surface area contributed by atoms with E-state index < -0.39 is 0 Å². The van der Waals surface area contributed by atoms with E-state index >= 15 is 0 Å². The minimum absolute atomic E-state index is 0.763. The van der Waals surface area contributed by atoms with Gasteiger partial charge in [0.1, 0.15) is 0 Å². The summed E-state index contributed by atoms with van der Waals surface area (Å²) < 4.78 is 0. The highest BCUT2D eigenvalue weighted by atomic mass is 32.1. The summed E-state index contributed by atoms with van der Waals surface area (Å²) in [5, 5.41) is 5.68. The van der Waals surface area contributed by atoms with Crippen molar-refractivity contribution in [2.75, 3.05) is 13.1 Å². The summed E-state index contributed by atoms with van der Waals surface area (Å²) in [6.45, 7) is 7.12. The Hall–Kier alpha value is -0.340. The van der Waals surface area contributed by atoms with Crippen LogP contribution in [0.5, 0.6) is 0 Å². The maximum atomic E-state index is 3.47. The Bertz CT molecular complexity index is 260. The molecule has 0 radical (unpaired) electrons. The van der Waals surface area contributed by atoms with Crippen molar-refractivity contribution in [1.82, 2.24) is 5.32 Å². The third-order valence-corrected chi connectivity index (χ3v) is 4.17. The first-order chi connectivity index (χ1) is 6.79. The average molecular weight is 209 g/mol. The van der Waals surface area contributed by atoms with Gasteiger partial charge in [-0.3, -0.25) is 0 Å². The Morgan fingerprint density at radius 2 is 2.36 bits per heavy atom. The van der Waals surface area contributed by atoms with Gasteiger partial charge < -0.3 is 5.32 Å². The zero-order valence-corrected chi connectivity index (χ0v) is 9.81. The predicted octanol–water partition coefficient (Wildman–Crippen LogP) is 3.10. The van der Waals surface area contributed by atoms with E-state index in [-0.39, 0.29) is 0 Å².